The smallest absolute Gasteiger partial charge is 0.220 e. The number of imidazole rings is 1. The predicted molar refractivity (Wildman–Crippen MR) is 98.5 cm³/mol. The summed E-state index contributed by atoms with van der Waals surface area (Å²) in [6, 6.07) is 14.7. The van der Waals surface area contributed by atoms with Gasteiger partial charge in [-0.3, -0.25) is 14.6 Å². The number of benzene rings is 1. The molecule has 0 unspecified atom stereocenters. The van der Waals surface area contributed by atoms with Crippen LogP contribution in [0.25, 0.3) is 11.5 Å². The van der Waals surface area contributed by atoms with Gasteiger partial charge in [0.05, 0.1) is 0 Å². The summed E-state index contributed by atoms with van der Waals surface area (Å²) < 4.78 is 1.94. The first kappa shape index (κ1) is 17.5. The van der Waals surface area contributed by atoms with Crippen molar-refractivity contribution < 1.29 is 9.59 Å². The van der Waals surface area contributed by atoms with Gasteiger partial charge in [0.25, 0.3) is 0 Å². The number of nitrogens with zero attached hydrogens (tertiary/aromatic N) is 3. The second-order valence-electron chi connectivity index (χ2n) is 5.80. The molecule has 1 N–H and O–H groups in total. The number of carbonyl (C=O) groups excluding carboxylic acids is 2. The molecular weight excluding hydrogens is 328 g/mol. The second-order valence-corrected chi connectivity index (χ2v) is 5.80. The Morgan fingerprint density at radius 2 is 1.73 bits per heavy atom. The Kier molecular flexibility index (Phi) is 5.88. The predicted octanol–water partition coefficient (Wildman–Crippen LogP) is 2.72. The molecule has 6 nitrogen and oxygen atoms in total. The maximum Gasteiger partial charge on any atom is 0.220 e. The Balaban J connectivity index is 1.45. The molecule has 0 aliphatic carbocycles. The van der Waals surface area contributed by atoms with Crippen LogP contribution in [-0.2, 0) is 11.3 Å². The van der Waals surface area contributed by atoms with Gasteiger partial charge in [0.2, 0.25) is 5.91 Å². The monoisotopic (exact) mass is 348 g/mol. The summed E-state index contributed by atoms with van der Waals surface area (Å²) >= 11 is 0. The van der Waals surface area contributed by atoms with E-state index in [-0.39, 0.29) is 24.5 Å². The molecule has 0 bridgehead atoms. The van der Waals surface area contributed by atoms with E-state index in [9.17, 15) is 9.59 Å². The fourth-order valence-electron chi connectivity index (χ4n) is 2.62. The van der Waals surface area contributed by atoms with Crippen molar-refractivity contribution in [3.63, 3.8) is 0 Å². The largest absolute Gasteiger partial charge is 0.354 e. The van der Waals surface area contributed by atoms with Crippen LogP contribution in [0.2, 0.25) is 0 Å². The minimum atomic E-state index is -0.131. The van der Waals surface area contributed by atoms with Gasteiger partial charge in [-0.2, -0.15) is 0 Å². The van der Waals surface area contributed by atoms with Crippen molar-refractivity contribution in [2.45, 2.75) is 19.4 Å². The number of ketones is 1. The van der Waals surface area contributed by atoms with Crippen molar-refractivity contribution in [1.29, 1.82) is 0 Å². The lowest BCUT2D eigenvalue weighted by molar-refractivity contribution is -0.121. The van der Waals surface area contributed by atoms with Crippen LogP contribution in [0, 0.1) is 0 Å². The van der Waals surface area contributed by atoms with E-state index >= 15 is 0 Å². The fraction of sp³-hybridized carbons (Fsp3) is 0.200. The number of aromatic nitrogens is 3. The third-order valence-electron chi connectivity index (χ3n) is 3.96. The molecular formula is C20H20N4O2. The van der Waals surface area contributed by atoms with Crippen LogP contribution in [0.15, 0.2) is 67.1 Å². The maximum atomic E-state index is 12.0. The molecule has 1 amide bonds. The topological polar surface area (TPSA) is 76.9 Å². The van der Waals surface area contributed by atoms with E-state index in [2.05, 4.69) is 15.3 Å². The summed E-state index contributed by atoms with van der Waals surface area (Å²) in [6.45, 7) is 1.05. The second kappa shape index (κ2) is 8.71. The van der Waals surface area contributed by atoms with E-state index in [0.29, 0.717) is 18.7 Å². The van der Waals surface area contributed by atoms with Crippen molar-refractivity contribution in [3.8, 4) is 11.5 Å². The molecule has 3 rings (SSSR count). The number of pyridine rings is 1. The van der Waals surface area contributed by atoms with Crippen molar-refractivity contribution in [2.24, 2.45) is 0 Å². The molecule has 0 atom stereocenters. The Labute approximate surface area is 151 Å². The highest BCUT2D eigenvalue weighted by Crippen LogP contribution is 2.13. The molecule has 132 valence electrons. The average molecular weight is 348 g/mol. The summed E-state index contributed by atoms with van der Waals surface area (Å²) in [5.41, 5.74) is 1.43. The van der Waals surface area contributed by atoms with Crippen molar-refractivity contribution >= 4 is 11.7 Å². The standard InChI is InChI=1S/C20H20N4O2/c25-18(16-6-2-1-3-7-16)9-10-19(26)22-12-14-24-15-13-23-20(24)17-8-4-5-11-21-17/h1-8,11,13,15H,9-10,12,14H2,(H,22,26). The van der Waals surface area contributed by atoms with Gasteiger partial charge in [-0.1, -0.05) is 36.4 Å². The van der Waals surface area contributed by atoms with Gasteiger partial charge in [-0.25, -0.2) is 4.98 Å². The summed E-state index contributed by atoms with van der Waals surface area (Å²) in [6.07, 6.45) is 5.68. The normalized spacial score (nSPS) is 10.5. The molecule has 2 heterocycles. The number of nitrogens with one attached hydrogen (secondary N) is 1. The van der Waals surface area contributed by atoms with Crippen molar-refractivity contribution in [3.05, 3.63) is 72.7 Å². The Bertz CT molecular complexity index is 860. The van der Waals surface area contributed by atoms with Gasteiger partial charge in [0.15, 0.2) is 11.6 Å². The maximum absolute atomic E-state index is 12.0. The SMILES string of the molecule is O=C(CCC(=O)c1ccccc1)NCCn1ccnc1-c1ccccn1. The molecule has 2 aromatic heterocycles. The van der Waals surface area contributed by atoms with Gasteiger partial charge in [0, 0.05) is 50.1 Å². The number of hydrogen-bond donors (Lipinski definition) is 1. The minimum Gasteiger partial charge on any atom is -0.354 e. The first-order valence-electron chi connectivity index (χ1n) is 8.51. The first-order valence-corrected chi connectivity index (χ1v) is 8.51. The molecule has 0 fully saturated rings. The average Bonchev–Trinajstić information content (AvgIpc) is 3.16. The number of amides is 1. The first-order chi connectivity index (χ1) is 12.7. The zero-order valence-corrected chi connectivity index (χ0v) is 14.3. The van der Waals surface area contributed by atoms with Gasteiger partial charge < -0.3 is 9.88 Å². The summed E-state index contributed by atoms with van der Waals surface area (Å²) in [4.78, 5) is 32.6. The zero-order chi connectivity index (χ0) is 18.2. The highest BCUT2D eigenvalue weighted by Gasteiger charge is 2.10. The summed E-state index contributed by atoms with van der Waals surface area (Å²) in [5.74, 6) is 0.612. The molecule has 0 saturated heterocycles. The van der Waals surface area contributed by atoms with Crippen molar-refractivity contribution in [1.82, 2.24) is 19.9 Å². The third-order valence-corrected chi connectivity index (χ3v) is 3.96. The minimum absolute atomic E-state index is 0.0206. The lowest BCUT2D eigenvalue weighted by Gasteiger charge is -2.09. The van der Waals surface area contributed by atoms with E-state index in [0.717, 1.165) is 11.5 Å². The zero-order valence-electron chi connectivity index (χ0n) is 14.3. The van der Waals surface area contributed by atoms with E-state index in [4.69, 9.17) is 0 Å². The van der Waals surface area contributed by atoms with Crippen LogP contribution in [0.5, 0.6) is 0 Å². The molecule has 0 spiro atoms. The third kappa shape index (κ3) is 4.63. The molecule has 0 aliphatic heterocycles. The van der Waals surface area contributed by atoms with Gasteiger partial charge >= 0.3 is 0 Å². The Morgan fingerprint density at radius 3 is 2.50 bits per heavy atom. The van der Waals surface area contributed by atoms with Crippen LogP contribution < -0.4 is 5.32 Å². The summed E-state index contributed by atoms with van der Waals surface area (Å²) in [7, 11) is 0. The lowest BCUT2D eigenvalue weighted by Crippen LogP contribution is -2.27. The molecule has 0 radical (unpaired) electrons. The van der Waals surface area contributed by atoms with E-state index < -0.39 is 0 Å². The lowest BCUT2D eigenvalue weighted by atomic mass is 10.1. The number of hydrogen-bond acceptors (Lipinski definition) is 4. The molecule has 1 aromatic carbocycles. The highest BCUT2D eigenvalue weighted by molar-refractivity contribution is 5.97. The van der Waals surface area contributed by atoms with Crippen LogP contribution in [0.1, 0.15) is 23.2 Å². The number of Topliss-reactive ketones (excluding diaryl/α,β-unsaturated/α-hetero) is 1. The van der Waals surface area contributed by atoms with Crippen LogP contribution in [0.4, 0.5) is 0 Å². The summed E-state index contributed by atoms with van der Waals surface area (Å²) in [5, 5.41) is 2.85. The van der Waals surface area contributed by atoms with Crippen LogP contribution in [-0.4, -0.2) is 32.8 Å². The quantitative estimate of drug-likeness (QED) is 0.635. The number of carbonyl (C=O) groups is 2. The molecule has 0 saturated carbocycles. The Morgan fingerprint density at radius 1 is 0.923 bits per heavy atom. The van der Waals surface area contributed by atoms with Crippen LogP contribution >= 0.6 is 0 Å². The number of rotatable bonds is 8. The van der Waals surface area contributed by atoms with E-state index in [1.807, 2.05) is 47.2 Å². The fourth-order valence-corrected chi connectivity index (χ4v) is 2.62. The molecule has 26 heavy (non-hydrogen) atoms. The van der Waals surface area contributed by atoms with Crippen LogP contribution in [0.3, 0.4) is 0 Å². The molecule has 0 aliphatic rings. The van der Waals surface area contributed by atoms with Gasteiger partial charge in [-0.15, -0.1) is 0 Å². The molecule has 6 heteroatoms. The van der Waals surface area contributed by atoms with E-state index in [1.165, 1.54) is 0 Å². The molecule has 3 aromatic rings. The van der Waals surface area contributed by atoms with Gasteiger partial charge in [0.1, 0.15) is 5.69 Å². The highest BCUT2D eigenvalue weighted by atomic mass is 16.2. The van der Waals surface area contributed by atoms with Gasteiger partial charge in [-0.05, 0) is 12.1 Å². The van der Waals surface area contributed by atoms with Crippen molar-refractivity contribution in [2.75, 3.05) is 6.54 Å². The Hall–Kier alpha value is -3.28. The van der Waals surface area contributed by atoms with E-state index in [1.54, 1.807) is 24.5 Å².